The summed E-state index contributed by atoms with van der Waals surface area (Å²) in [6.07, 6.45) is 9.45. The molecule has 3 rings (SSSR count). The first-order chi connectivity index (χ1) is 8.25. The van der Waals surface area contributed by atoms with E-state index in [-0.39, 0.29) is 23.4 Å². The smallest absolute Gasteiger partial charge is 0.153 e. The first-order valence-electron chi connectivity index (χ1n) is 6.31. The number of thiol groups is 1. The second-order valence-electron chi connectivity index (χ2n) is 4.99. The molecule has 5 heteroatoms. The van der Waals surface area contributed by atoms with Crippen LogP contribution >= 0.6 is 25.8 Å². The number of aromatic nitrogens is 1. The number of benzene rings is 1. The number of halogens is 1. The summed E-state index contributed by atoms with van der Waals surface area (Å²) in [5.74, 6) is 0.812. The van der Waals surface area contributed by atoms with Crippen LogP contribution in [0, 0.1) is 0 Å². The summed E-state index contributed by atoms with van der Waals surface area (Å²) in [6, 6.07) is 6.74. The standard InChI is InChI=1S/C14H15BrN.H3P.H2S.Tl/c15-11-6-7-12-13(9-16-14(12)8-11)10-4-2-1-3-5-10;;;/h6-10H,1-5H2;1H3;1H2;/q-1;;;+1/p-1. The molecular formula is C14H19BrNPSTl-. The van der Waals surface area contributed by atoms with Gasteiger partial charge in [0.15, 0.2) is 0 Å². The van der Waals surface area contributed by atoms with Crippen molar-refractivity contribution in [3.05, 3.63) is 34.4 Å². The van der Waals surface area contributed by atoms with Crippen LogP contribution in [-0.4, -0.2) is 28.4 Å². The molecule has 1 saturated carbocycles. The molecule has 1 aromatic carbocycles. The minimum Gasteiger partial charge on any atom is -0.813 e. The molecule has 19 heavy (non-hydrogen) atoms. The third-order valence-electron chi connectivity index (χ3n) is 3.87. The second kappa shape index (κ2) is 7.81. The van der Waals surface area contributed by atoms with Gasteiger partial charge in [-0.05, 0) is 0 Å². The number of fused-ring (bicyclic) bond motifs is 1. The van der Waals surface area contributed by atoms with E-state index in [1.807, 2.05) is 0 Å². The van der Waals surface area contributed by atoms with Crippen LogP contribution in [0.1, 0.15) is 43.6 Å². The zero-order valence-electron chi connectivity index (χ0n) is 11.0. The number of rotatable bonds is 1. The molecule has 1 unspecified atom stereocenters. The fourth-order valence-electron chi connectivity index (χ4n) is 2.99. The number of hydrogen-bond acceptors (Lipinski definition) is 1. The van der Waals surface area contributed by atoms with Crippen LogP contribution in [-0.2, 0) is 13.5 Å². The van der Waals surface area contributed by atoms with E-state index in [9.17, 15) is 0 Å². The van der Waals surface area contributed by atoms with Gasteiger partial charge in [-0.2, -0.15) is 9.90 Å². The van der Waals surface area contributed by atoms with E-state index in [4.69, 9.17) is 0 Å². The van der Waals surface area contributed by atoms with E-state index >= 15 is 0 Å². The van der Waals surface area contributed by atoms with E-state index in [2.05, 4.69) is 42.7 Å². The van der Waals surface area contributed by atoms with Gasteiger partial charge in [0.25, 0.3) is 0 Å². The van der Waals surface area contributed by atoms with Gasteiger partial charge in [-0.25, -0.2) is 0 Å². The third-order valence-corrected chi connectivity index (χ3v) is 6.03. The van der Waals surface area contributed by atoms with E-state index in [1.165, 1.54) is 47.5 Å². The summed E-state index contributed by atoms with van der Waals surface area (Å²) in [7, 11) is 0. The van der Waals surface area contributed by atoms with E-state index in [0.717, 1.165) is 32.0 Å². The summed E-state index contributed by atoms with van der Waals surface area (Å²) in [5.41, 5.74) is 3.03. The molecule has 102 valence electrons. The van der Waals surface area contributed by atoms with Gasteiger partial charge < -0.3 is 13.5 Å². The first kappa shape index (κ1) is 18.0. The summed E-state index contributed by atoms with van der Waals surface area (Å²) >= 11 is 4.43. The van der Waals surface area contributed by atoms with Gasteiger partial charge in [-0.3, -0.25) is 0 Å². The zero-order chi connectivity index (χ0) is 11.8. The van der Waals surface area contributed by atoms with Crippen LogP contribution in [0.15, 0.2) is 28.9 Å². The van der Waals surface area contributed by atoms with Crippen LogP contribution in [0.3, 0.4) is 0 Å². The van der Waals surface area contributed by atoms with Crippen LogP contribution in [0.25, 0.3) is 10.9 Å². The van der Waals surface area contributed by atoms with Gasteiger partial charge in [0.1, 0.15) is 0 Å². The zero-order valence-corrected chi connectivity index (χ0v) is 19.4. The Bertz CT molecular complexity index is 552. The molecule has 0 spiro atoms. The molecule has 0 N–H and O–H groups in total. The van der Waals surface area contributed by atoms with Gasteiger partial charge in [0, 0.05) is 0 Å². The van der Waals surface area contributed by atoms with Crippen LogP contribution in [0.4, 0.5) is 0 Å². The Morgan fingerprint density at radius 2 is 1.84 bits per heavy atom. The SMILES string of the molecule is Brc1ccc2c(C3CCCCC3)c[n]([Tl])c2c1.P.[SH-]. The second-order valence-corrected chi connectivity index (χ2v) is 8.07. The maximum absolute atomic E-state index is 3.58. The quantitative estimate of drug-likeness (QED) is 0.224. The van der Waals surface area contributed by atoms with E-state index in [0.29, 0.717) is 0 Å². The largest absolute Gasteiger partial charge is 0.813 e. The van der Waals surface area contributed by atoms with Crippen molar-refractivity contribution in [2.75, 3.05) is 0 Å². The van der Waals surface area contributed by atoms with Crippen molar-refractivity contribution in [2.45, 2.75) is 38.0 Å². The Morgan fingerprint density at radius 3 is 2.53 bits per heavy atom. The molecule has 0 amide bonds. The molecule has 1 fully saturated rings. The molecule has 1 heterocycles. The minimum absolute atomic E-state index is 0. The topological polar surface area (TPSA) is 4.93 Å². The Labute approximate surface area is 150 Å². The fraction of sp³-hybridized carbons (Fsp3) is 0.429. The normalized spacial score (nSPS) is 15.8. The molecule has 0 aliphatic heterocycles. The monoisotopic (exact) mass is 548 g/mol. The van der Waals surface area contributed by atoms with Crippen molar-refractivity contribution >= 4 is 76.3 Å². The van der Waals surface area contributed by atoms with E-state index < -0.39 is 0 Å². The molecule has 2 aromatic rings. The predicted molar refractivity (Wildman–Crippen MR) is 96.5 cm³/mol. The van der Waals surface area contributed by atoms with Gasteiger partial charge in [0.05, 0.1) is 0 Å². The molecule has 0 bridgehead atoms. The molecule has 1 aromatic heterocycles. The maximum Gasteiger partial charge on any atom is -0.153 e. The van der Waals surface area contributed by atoms with Crippen molar-refractivity contribution in [3.63, 3.8) is 0 Å². The van der Waals surface area contributed by atoms with Crippen molar-refractivity contribution < 1.29 is 0 Å². The molecule has 0 radical (unpaired) electrons. The van der Waals surface area contributed by atoms with E-state index in [1.54, 1.807) is 5.56 Å². The van der Waals surface area contributed by atoms with Crippen molar-refractivity contribution in [1.29, 1.82) is 0 Å². The van der Waals surface area contributed by atoms with Crippen molar-refractivity contribution in [1.82, 2.24) is 2.38 Å². The number of hydrogen-bond donors (Lipinski definition) is 0. The minimum atomic E-state index is 0. The average molecular weight is 549 g/mol. The molecule has 0 saturated heterocycles. The third kappa shape index (κ3) is 3.78. The Morgan fingerprint density at radius 1 is 1.16 bits per heavy atom. The predicted octanol–water partition coefficient (Wildman–Crippen LogP) is 4.17. The Balaban J connectivity index is 0.000000902. The van der Waals surface area contributed by atoms with Gasteiger partial charge in [0.2, 0.25) is 0 Å². The average Bonchev–Trinajstić information content (AvgIpc) is 2.68. The Kier molecular flexibility index (Phi) is 7.40. The molecule has 1 aliphatic rings. The van der Waals surface area contributed by atoms with Crippen LogP contribution in [0.2, 0.25) is 0 Å². The van der Waals surface area contributed by atoms with Gasteiger partial charge in [-0.15, -0.1) is 0 Å². The van der Waals surface area contributed by atoms with Crippen molar-refractivity contribution in [3.8, 4) is 0 Å². The molecule has 1 nitrogen and oxygen atoms in total. The summed E-state index contributed by atoms with van der Waals surface area (Å²) in [5, 5.41) is 1.49. The van der Waals surface area contributed by atoms with Crippen LogP contribution in [0.5, 0.6) is 0 Å². The fourth-order valence-corrected chi connectivity index (χ4v) is 4.79. The van der Waals surface area contributed by atoms with Crippen molar-refractivity contribution in [2.24, 2.45) is 0 Å². The molecular weight excluding hydrogens is 529 g/mol. The summed E-state index contributed by atoms with van der Waals surface area (Å²) < 4.78 is 3.63. The van der Waals surface area contributed by atoms with Crippen LogP contribution < -0.4 is 0 Å². The molecule has 1 aliphatic carbocycles. The van der Waals surface area contributed by atoms with Gasteiger partial charge in [-0.1, -0.05) is 0 Å². The first-order valence-corrected chi connectivity index (χ1v) is 9.11. The maximum atomic E-state index is 3.58. The number of nitrogens with zero attached hydrogens (tertiary/aromatic N) is 1. The van der Waals surface area contributed by atoms with Gasteiger partial charge >= 0.3 is 128 Å². The Hall–Kier alpha value is 0.942. The summed E-state index contributed by atoms with van der Waals surface area (Å²) in [6.45, 7) is 0. The summed E-state index contributed by atoms with van der Waals surface area (Å²) in [4.78, 5) is 0. The molecule has 1 atom stereocenters.